The molecule has 2 atom stereocenters. The van der Waals surface area contributed by atoms with E-state index in [1.165, 1.54) is 21.1 Å². The molecule has 0 heterocycles. The van der Waals surface area contributed by atoms with Crippen LogP contribution in [-0.4, -0.2) is 37.0 Å². The summed E-state index contributed by atoms with van der Waals surface area (Å²) in [7, 11) is -1.11. The van der Waals surface area contributed by atoms with Gasteiger partial charge in [-0.1, -0.05) is 81.4 Å². The van der Waals surface area contributed by atoms with E-state index in [1.54, 1.807) is 0 Å². The first-order valence-electron chi connectivity index (χ1n) is 10.3. The molecule has 0 aromatic heterocycles. The summed E-state index contributed by atoms with van der Waals surface area (Å²) in [6.45, 7) is 8.55. The molecule has 2 rings (SSSR count). The van der Waals surface area contributed by atoms with E-state index in [2.05, 4.69) is 4.90 Å². The van der Waals surface area contributed by atoms with Crippen LogP contribution < -0.4 is 0 Å². The highest BCUT2D eigenvalue weighted by Gasteiger charge is 2.50. The third kappa shape index (κ3) is 7.01. The lowest BCUT2D eigenvalue weighted by Gasteiger charge is -2.45. The van der Waals surface area contributed by atoms with Crippen molar-refractivity contribution in [3.63, 3.8) is 0 Å². The van der Waals surface area contributed by atoms with Crippen molar-refractivity contribution in [1.82, 2.24) is 4.90 Å². The van der Waals surface area contributed by atoms with E-state index in [-0.39, 0.29) is 0 Å². The molecule has 6 nitrogen and oxygen atoms in total. The fourth-order valence-corrected chi connectivity index (χ4v) is 5.62. The van der Waals surface area contributed by atoms with Crippen molar-refractivity contribution in [1.29, 1.82) is 0 Å². The zero-order chi connectivity index (χ0) is 23.1. The Morgan fingerprint density at radius 3 is 1.65 bits per heavy atom. The first-order valence-corrected chi connectivity index (χ1v) is 11.9. The summed E-state index contributed by atoms with van der Waals surface area (Å²) in [6.07, 6.45) is 0. The maximum absolute atomic E-state index is 13.5. The number of carbonyl (C=O) groups excluding carboxylic acids is 1. The van der Waals surface area contributed by atoms with Crippen LogP contribution in [0.25, 0.3) is 0 Å². The molecule has 2 aromatic rings. The van der Waals surface area contributed by atoms with Gasteiger partial charge in [-0.3, -0.25) is 14.3 Å². The van der Waals surface area contributed by atoms with Crippen LogP contribution in [0, 0.1) is 5.41 Å². The summed E-state index contributed by atoms with van der Waals surface area (Å²) >= 11 is 0. The third-order valence-electron chi connectivity index (χ3n) is 5.12. The van der Waals surface area contributed by atoms with Gasteiger partial charge in [-0.2, -0.15) is 0 Å². The van der Waals surface area contributed by atoms with Crippen LogP contribution in [0.2, 0.25) is 0 Å². The molecule has 31 heavy (non-hydrogen) atoms. The van der Waals surface area contributed by atoms with E-state index in [0.717, 1.165) is 11.1 Å². The topological polar surface area (TPSA) is 65.1 Å². The predicted octanol–water partition coefficient (Wildman–Crippen LogP) is 5.48. The Morgan fingerprint density at radius 1 is 0.903 bits per heavy atom. The molecule has 0 amide bonds. The Balaban J connectivity index is 2.59. The number of nitrogens with zero attached hydrogens (tertiary/aromatic N) is 1. The molecule has 0 saturated carbocycles. The van der Waals surface area contributed by atoms with E-state index in [9.17, 15) is 9.36 Å². The molecule has 0 aliphatic rings. The van der Waals surface area contributed by atoms with Crippen molar-refractivity contribution in [2.75, 3.05) is 14.2 Å². The molecule has 7 heteroatoms. The Labute approximate surface area is 186 Å². The van der Waals surface area contributed by atoms with Crippen LogP contribution in [0.15, 0.2) is 60.7 Å². The van der Waals surface area contributed by atoms with Crippen molar-refractivity contribution in [3.8, 4) is 0 Å². The molecule has 170 valence electrons. The highest BCUT2D eigenvalue weighted by Crippen LogP contribution is 2.56. The van der Waals surface area contributed by atoms with Gasteiger partial charge < -0.3 is 13.8 Å². The molecule has 0 N–H and O–H groups in total. The first kappa shape index (κ1) is 25.3. The largest absolute Gasteiger partial charge is 0.448 e. The molecule has 0 bridgehead atoms. The van der Waals surface area contributed by atoms with Crippen LogP contribution in [0.5, 0.6) is 0 Å². The average Bonchev–Trinajstić information content (AvgIpc) is 2.73. The number of hydrogen-bond acceptors (Lipinski definition) is 6. The summed E-state index contributed by atoms with van der Waals surface area (Å²) in [4.78, 5) is 14.2. The third-order valence-corrected chi connectivity index (χ3v) is 7.14. The highest BCUT2D eigenvalue weighted by atomic mass is 31.2. The molecule has 0 saturated heterocycles. The molecule has 0 spiro atoms. The summed E-state index contributed by atoms with van der Waals surface area (Å²) in [6, 6.07) is 19.6. The maximum atomic E-state index is 13.5. The van der Waals surface area contributed by atoms with Crippen LogP contribution in [0.1, 0.15) is 38.8 Å². The number of carbonyl (C=O) groups is 1. The molecular weight excluding hydrogens is 413 g/mol. The monoisotopic (exact) mass is 447 g/mol. The zero-order valence-corrected chi connectivity index (χ0v) is 20.2. The second-order valence-electron chi connectivity index (χ2n) is 8.59. The standard InChI is InChI=1S/C24H34NO5P/c1-19(26)30-23(31(27,28-5)29-6)22(24(2,3)4)25(17-20-13-9-7-10-14-20)18-21-15-11-8-12-16-21/h7-16,22-23H,17-18H2,1-6H3/t22-,23-/m1/s1. The van der Waals surface area contributed by atoms with E-state index < -0.39 is 30.9 Å². The average molecular weight is 448 g/mol. The van der Waals surface area contributed by atoms with E-state index >= 15 is 0 Å². The fourth-order valence-electron chi connectivity index (χ4n) is 3.80. The molecule has 0 radical (unpaired) electrons. The Kier molecular flexibility index (Phi) is 9.01. The second-order valence-corrected chi connectivity index (χ2v) is 10.9. The van der Waals surface area contributed by atoms with Crippen molar-refractivity contribution in [2.45, 2.75) is 52.7 Å². The number of benzene rings is 2. The van der Waals surface area contributed by atoms with Gasteiger partial charge in [-0.05, 0) is 16.5 Å². The van der Waals surface area contributed by atoms with Gasteiger partial charge in [0.05, 0.1) is 6.04 Å². The molecule has 0 fully saturated rings. The summed E-state index contributed by atoms with van der Waals surface area (Å²) < 4.78 is 29.8. The Hall–Kier alpha value is -1.98. The lowest BCUT2D eigenvalue weighted by atomic mass is 9.85. The van der Waals surface area contributed by atoms with Gasteiger partial charge in [0.2, 0.25) is 5.85 Å². The lowest BCUT2D eigenvalue weighted by molar-refractivity contribution is -0.149. The Bertz CT molecular complexity index is 817. The van der Waals surface area contributed by atoms with Gasteiger partial charge in [-0.25, -0.2) is 0 Å². The normalized spacial score (nSPS) is 14.3. The van der Waals surface area contributed by atoms with Gasteiger partial charge in [0.1, 0.15) is 0 Å². The predicted molar refractivity (Wildman–Crippen MR) is 123 cm³/mol. The van der Waals surface area contributed by atoms with Crippen LogP contribution in [-0.2, 0) is 36.2 Å². The second kappa shape index (κ2) is 11.1. The van der Waals surface area contributed by atoms with E-state index in [4.69, 9.17) is 13.8 Å². The van der Waals surface area contributed by atoms with Crippen molar-refractivity contribution >= 4 is 13.6 Å². The van der Waals surface area contributed by atoms with E-state index in [0.29, 0.717) is 13.1 Å². The fraction of sp³-hybridized carbons (Fsp3) is 0.458. The van der Waals surface area contributed by atoms with E-state index in [1.807, 2.05) is 81.4 Å². The molecule has 2 aromatic carbocycles. The zero-order valence-electron chi connectivity index (χ0n) is 19.3. The molecule has 0 aliphatic heterocycles. The number of rotatable bonds is 10. The molecule has 0 unspecified atom stereocenters. The minimum atomic E-state index is -3.75. The highest BCUT2D eigenvalue weighted by molar-refractivity contribution is 7.54. The Morgan fingerprint density at radius 2 is 1.32 bits per heavy atom. The van der Waals surface area contributed by atoms with Crippen LogP contribution >= 0.6 is 7.60 Å². The van der Waals surface area contributed by atoms with Crippen molar-refractivity contribution in [2.24, 2.45) is 5.41 Å². The summed E-state index contributed by atoms with van der Waals surface area (Å²) in [5.74, 6) is -1.62. The molecule has 0 aliphatic carbocycles. The van der Waals surface area contributed by atoms with Gasteiger partial charge >= 0.3 is 13.6 Å². The quantitative estimate of drug-likeness (QED) is 0.355. The van der Waals surface area contributed by atoms with Gasteiger partial charge in [-0.15, -0.1) is 0 Å². The van der Waals surface area contributed by atoms with Gasteiger partial charge in [0.25, 0.3) is 0 Å². The summed E-state index contributed by atoms with van der Waals surface area (Å²) in [5, 5.41) is 0. The minimum absolute atomic E-state index is 0.420. The van der Waals surface area contributed by atoms with Crippen molar-refractivity contribution < 1.29 is 23.1 Å². The molecular formula is C24H34NO5P. The smallest absolute Gasteiger partial charge is 0.372 e. The van der Waals surface area contributed by atoms with Gasteiger partial charge in [0, 0.05) is 34.2 Å². The maximum Gasteiger partial charge on any atom is 0.372 e. The first-order chi connectivity index (χ1) is 14.6. The number of hydrogen-bond donors (Lipinski definition) is 0. The van der Waals surface area contributed by atoms with Gasteiger partial charge in [0.15, 0.2) is 0 Å². The number of ether oxygens (including phenoxy) is 1. The summed E-state index contributed by atoms with van der Waals surface area (Å²) in [5.41, 5.74) is 1.77. The van der Waals surface area contributed by atoms with Crippen molar-refractivity contribution in [3.05, 3.63) is 71.8 Å². The van der Waals surface area contributed by atoms with Crippen LogP contribution in [0.4, 0.5) is 0 Å². The SMILES string of the molecule is COP(=O)(OC)[C@@H](OC(C)=O)[C@@H](N(Cc1ccccc1)Cc1ccccc1)C(C)(C)C. The number of esters is 1. The lowest BCUT2D eigenvalue weighted by Crippen LogP contribution is -2.52. The minimum Gasteiger partial charge on any atom is -0.448 e. The van der Waals surface area contributed by atoms with Crippen LogP contribution in [0.3, 0.4) is 0 Å².